The van der Waals surface area contributed by atoms with E-state index in [2.05, 4.69) is 46.5 Å². The van der Waals surface area contributed by atoms with Crippen molar-refractivity contribution in [2.45, 2.75) is 50.4 Å². The molecule has 1 amide bonds. The number of nitrogens with zero attached hydrogens (tertiary/aromatic N) is 4. The van der Waals surface area contributed by atoms with Gasteiger partial charge in [0.1, 0.15) is 6.33 Å². The van der Waals surface area contributed by atoms with Crippen LogP contribution in [0.5, 0.6) is 0 Å². The van der Waals surface area contributed by atoms with Gasteiger partial charge in [0.05, 0.1) is 5.69 Å². The summed E-state index contributed by atoms with van der Waals surface area (Å²) in [7, 11) is 0. The molecule has 0 saturated carbocycles. The number of benzene rings is 2. The van der Waals surface area contributed by atoms with Crippen LogP contribution in [0, 0.1) is 12.8 Å². The Labute approximate surface area is 226 Å². The third kappa shape index (κ3) is 7.87. The number of aryl methyl sites for hydroxylation is 1. The zero-order valence-corrected chi connectivity index (χ0v) is 23.6. The third-order valence-corrected chi connectivity index (χ3v) is 6.32. The molecule has 35 heavy (non-hydrogen) atoms. The smallest absolute Gasteiger partial charge is 0.253 e. The minimum absolute atomic E-state index is 0.0461. The molecule has 0 saturated heterocycles. The first-order valence-electron chi connectivity index (χ1n) is 11.8. The molecule has 0 radical (unpaired) electrons. The Kier molecular flexibility index (Phi) is 9.47. The predicted molar refractivity (Wildman–Crippen MR) is 149 cm³/mol. The third-order valence-electron chi connectivity index (χ3n) is 5.75. The van der Waals surface area contributed by atoms with Gasteiger partial charge in [-0.05, 0) is 75.9 Å². The highest BCUT2D eigenvalue weighted by Crippen LogP contribution is 2.23. The van der Waals surface area contributed by atoms with Gasteiger partial charge in [-0.1, -0.05) is 59.3 Å². The highest BCUT2D eigenvalue weighted by atomic mass is 127. The van der Waals surface area contributed by atoms with Crippen LogP contribution in [0.25, 0.3) is 5.69 Å². The summed E-state index contributed by atoms with van der Waals surface area (Å²) >= 11 is 8.47. The summed E-state index contributed by atoms with van der Waals surface area (Å²) in [5, 5.41) is 4.98. The summed E-state index contributed by atoms with van der Waals surface area (Å²) in [4.78, 5) is 32.5. The minimum Gasteiger partial charge on any atom is -0.337 e. The molecule has 0 bridgehead atoms. The van der Waals surface area contributed by atoms with Gasteiger partial charge in [-0.25, -0.2) is 9.67 Å². The first-order valence-corrected chi connectivity index (χ1v) is 13.3. The van der Waals surface area contributed by atoms with Crippen LogP contribution in [0.15, 0.2) is 54.9 Å². The Hall–Kier alpha value is -2.26. The second kappa shape index (κ2) is 12.1. The van der Waals surface area contributed by atoms with Crippen molar-refractivity contribution in [3.63, 3.8) is 0 Å². The number of carbonyl (C=O) groups excluding carboxylic acids is 2. The van der Waals surface area contributed by atoms with Crippen molar-refractivity contribution in [2.24, 2.45) is 5.92 Å². The molecular weight excluding hydrogens is 575 g/mol. The van der Waals surface area contributed by atoms with Crippen molar-refractivity contribution in [3.8, 4) is 5.69 Å². The zero-order valence-electron chi connectivity index (χ0n) is 20.7. The SMILES string of the molecule is CCC(CCCN(CC(C)(C)I)C(=O)c1cccc(Cl)c1)C(=O)c1ncn(-c2cccc(C)c2)n1. The molecule has 0 fully saturated rings. The first kappa shape index (κ1) is 27.3. The molecule has 1 unspecified atom stereocenters. The highest BCUT2D eigenvalue weighted by Gasteiger charge is 2.26. The topological polar surface area (TPSA) is 68.1 Å². The summed E-state index contributed by atoms with van der Waals surface area (Å²) in [5.74, 6) is -0.0614. The van der Waals surface area contributed by atoms with Gasteiger partial charge in [0.15, 0.2) is 0 Å². The molecule has 6 nitrogen and oxygen atoms in total. The molecule has 0 aliphatic heterocycles. The van der Waals surface area contributed by atoms with Crippen molar-refractivity contribution < 1.29 is 9.59 Å². The van der Waals surface area contributed by atoms with Crippen molar-refractivity contribution in [1.29, 1.82) is 0 Å². The summed E-state index contributed by atoms with van der Waals surface area (Å²) in [6.45, 7) is 9.38. The van der Waals surface area contributed by atoms with Crippen molar-refractivity contribution >= 4 is 45.9 Å². The van der Waals surface area contributed by atoms with Crippen LogP contribution in [0.3, 0.4) is 0 Å². The van der Waals surface area contributed by atoms with Crippen molar-refractivity contribution in [2.75, 3.05) is 13.1 Å². The van der Waals surface area contributed by atoms with Gasteiger partial charge in [-0.15, -0.1) is 5.10 Å². The maximum absolute atomic E-state index is 13.2. The van der Waals surface area contributed by atoms with E-state index in [1.54, 1.807) is 35.3 Å². The van der Waals surface area contributed by atoms with E-state index in [1.807, 2.05) is 43.0 Å². The number of aromatic nitrogens is 3. The standard InChI is InChI=1S/C27H32ClIN4O2/c1-5-20(24(34)25-30-18-33(31-25)23-13-6-9-19(2)15-23)11-8-14-32(17-27(3,4)29)26(35)21-10-7-12-22(28)16-21/h6-7,9-10,12-13,15-16,18,20H,5,8,11,14,17H2,1-4H3. The lowest BCUT2D eigenvalue weighted by Crippen LogP contribution is -2.40. The molecule has 1 aromatic heterocycles. The summed E-state index contributed by atoms with van der Waals surface area (Å²) in [6, 6.07) is 14.9. The van der Waals surface area contributed by atoms with Gasteiger partial charge >= 0.3 is 0 Å². The average molecular weight is 607 g/mol. The number of rotatable bonds is 11. The van der Waals surface area contributed by atoms with Gasteiger partial charge in [-0.2, -0.15) is 0 Å². The minimum atomic E-state index is -0.195. The number of amides is 1. The van der Waals surface area contributed by atoms with Crippen LogP contribution in [-0.4, -0.2) is 47.9 Å². The number of ketones is 1. The van der Waals surface area contributed by atoms with Crippen molar-refractivity contribution in [3.05, 3.63) is 76.8 Å². The molecule has 8 heteroatoms. The summed E-state index contributed by atoms with van der Waals surface area (Å²) in [5.41, 5.74) is 2.57. The number of hydrogen-bond donors (Lipinski definition) is 0. The Balaban J connectivity index is 1.66. The average Bonchev–Trinajstić information content (AvgIpc) is 3.30. The van der Waals surface area contributed by atoms with Crippen molar-refractivity contribution in [1.82, 2.24) is 19.7 Å². The van der Waals surface area contributed by atoms with E-state index in [0.29, 0.717) is 42.9 Å². The molecule has 1 heterocycles. The number of carbonyl (C=O) groups is 2. The molecule has 3 rings (SSSR count). The van der Waals surface area contributed by atoms with Gasteiger partial charge in [0, 0.05) is 33.0 Å². The molecule has 0 spiro atoms. The largest absolute Gasteiger partial charge is 0.337 e. The molecule has 2 aromatic carbocycles. The van der Waals surface area contributed by atoms with Gasteiger partial charge < -0.3 is 4.90 Å². The van der Waals surface area contributed by atoms with Gasteiger partial charge in [0.25, 0.3) is 5.91 Å². The van der Waals surface area contributed by atoms with Crippen LogP contribution in [0.4, 0.5) is 0 Å². The quantitative estimate of drug-likeness (QED) is 0.141. The molecule has 3 aromatic rings. The maximum atomic E-state index is 13.2. The fraction of sp³-hybridized carbons (Fsp3) is 0.407. The zero-order chi connectivity index (χ0) is 25.6. The van der Waals surface area contributed by atoms with E-state index in [1.165, 1.54) is 0 Å². The fourth-order valence-electron chi connectivity index (χ4n) is 4.01. The molecule has 1 atom stereocenters. The Morgan fingerprint density at radius 3 is 2.57 bits per heavy atom. The first-order chi connectivity index (χ1) is 16.6. The van der Waals surface area contributed by atoms with E-state index >= 15 is 0 Å². The molecule has 186 valence electrons. The summed E-state index contributed by atoms with van der Waals surface area (Å²) < 4.78 is 1.55. The Morgan fingerprint density at radius 2 is 1.91 bits per heavy atom. The predicted octanol–water partition coefficient (Wildman–Crippen LogP) is 6.57. The van der Waals surface area contributed by atoms with E-state index in [9.17, 15) is 9.59 Å². The van der Waals surface area contributed by atoms with E-state index in [0.717, 1.165) is 11.3 Å². The lowest BCUT2D eigenvalue weighted by atomic mass is 9.94. The highest BCUT2D eigenvalue weighted by molar-refractivity contribution is 14.1. The number of alkyl halides is 1. The van der Waals surface area contributed by atoms with Crippen LogP contribution >= 0.6 is 34.2 Å². The number of Topliss-reactive ketones (excluding diaryl/α,β-unsaturated/α-hetero) is 1. The van der Waals surface area contributed by atoms with Gasteiger partial charge in [-0.3, -0.25) is 9.59 Å². The van der Waals surface area contributed by atoms with Crippen LogP contribution in [0.2, 0.25) is 5.02 Å². The molecule has 0 aliphatic carbocycles. The Morgan fingerprint density at radius 1 is 1.17 bits per heavy atom. The lowest BCUT2D eigenvalue weighted by Gasteiger charge is -2.29. The number of hydrogen-bond acceptors (Lipinski definition) is 4. The van der Waals surface area contributed by atoms with Crippen LogP contribution in [-0.2, 0) is 0 Å². The van der Waals surface area contributed by atoms with E-state index < -0.39 is 0 Å². The van der Waals surface area contributed by atoms with E-state index in [-0.39, 0.29) is 26.9 Å². The van der Waals surface area contributed by atoms with Crippen LogP contribution in [0.1, 0.15) is 66.6 Å². The maximum Gasteiger partial charge on any atom is 0.253 e. The van der Waals surface area contributed by atoms with Crippen LogP contribution < -0.4 is 0 Å². The molecule has 0 aliphatic rings. The lowest BCUT2D eigenvalue weighted by molar-refractivity contribution is 0.0739. The summed E-state index contributed by atoms with van der Waals surface area (Å²) in [6.07, 6.45) is 3.65. The second-order valence-electron chi connectivity index (χ2n) is 9.42. The number of halogens is 2. The molecule has 0 N–H and O–H groups in total. The van der Waals surface area contributed by atoms with E-state index in [4.69, 9.17) is 11.6 Å². The van der Waals surface area contributed by atoms with Gasteiger partial charge in [0.2, 0.25) is 11.6 Å². The normalized spacial score (nSPS) is 12.4. The molecular formula is C27H32ClIN4O2. The monoisotopic (exact) mass is 606 g/mol. The Bertz CT molecular complexity index is 1170. The second-order valence-corrected chi connectivity index (χ2v) is 12.8. The fourth-order valence-corrected chi connectivity index (χ4v) is 4.61.